The third-order valence-electron chi connectivity index (χ3n) is 4.62. The van der Waals surface area contributed by atoms with E-state index in [1.165, 1.54) is 29.3 Å². The smallest absolute Gasteiger partial charge is 0.256 e. The van der Waals surface area contributed by atoms with Gasteiger partial charge in [-0.25, -0.2) is 4.39 Å². The number of nitrogens with one attached hydrogen (secondary N) is 1. The quantitative estimate of drug-likeness (QED) is 0.868. The molecule has 1 aliphatic rings. The van der Waals surface area contributed by atoms with Crippen molar-refractivity contribution < 1.29 is 19.1 Å². The summed E-state index contributed by atoms with van der Waals surface area (Å²) in [5, 5.41) is 12.5. The number of likely N-dealkylation sites (tertiary alicyclic amines) is 1. The Hall–Kier alpha value is -2.80. The number of rotatable bonds is 4. The second kappa shape index (κ2) is 8.05. The van der Waals surface area contributed by atoms with Crippen LogP contribution in [0, 0.1) is 11.7 Å². The molecule has 136 valence electrons. The van der Waals surface area contributed by atoms with Crippen molar-refractivity contribution in [2.75, 3.05) is 19.7 Å². The van der Waals surface area contributed by atoms with E-state index in [0.29, 0.717) is 18.5 Å². The van der Waals surface area contributed by atoms with Crippen molar-refractivity contribution in [2.24, 2.45) is 5.92 Å². The average Bonchev–Trinajstić information content (AvgIpc) is 2.68. The van der Waals surface area contributed by atoms with Crippen LogP contribution in [-0.4, -0.2) is 52.5 Å². The molecule has 0 radical (unpaired) electrons. The van der Waals surface area contributed by atoms with Crippen LogP contribution in [0.15, 0.2) is 48.8 Å². The molecule has 0 unspecified atom stereocenters. The number of carbonyl (C=O) groups is 2. The van der Waals surface area contributed by atoms with Crippen molar-refractivity contribution in [3.8, 4) is 0 Å². The van der Waals surface area contributed by atoms with Crippen LogP contribution >= 0.6 is 0 Å². The van der Waals surface area contributed by atoms with Gasteiger partial charge in [0.15, 0.2) is 0 Å². The lowest BCUT2D eigenvalue weighted by molar-refractivity contribution is 0.0537. The monoisotopic (exact) mass is 357 g/mol. The molecule has 0 bridgehead atoms. The van der Waals surface area contributed by atoms with Gasteiger partial charge in [0.25, 0.3) is 11.8 Å². The highest BCUT2D eigenvalue weighted by molar-refractivity contribution is 5.95. The predicted octanol–water partition coefficient (Wildman–Crippen LogP) is 1.47. The molecule has 3 rings (SSSR count). The fourth-order valence-corrected chi connectivity index (χ4v) is 3.12. The molecule has 2 amide bonds. The van der Waals surface area contributed by atoms with Gasteiger partial charge in [0.2, 0.25) is 0 Å². The van der Waals surface area contributed by atoms with E-state index in [4.69, 9.17) is 0 Å². The molecule has 2 aromatic rings. The normalized spacial score (nSPS) is 19.8. The fraction of sp³-hybridized carbons (Fsp3) is 0.316. The van der Waals surface area contributed by atoms with Crippen LogP contribution in [0.4, 0.5) is 4.39 Å². The van der Waals surface area contributed by atoms with Crippen molar-refractivity contribution in [1.82, 2.24) is 15.2 Å². The standard InChI is InChI=1S/C19H20FN3O3/c20-16-6-2-1-5-15(16)19(26)23-9-7-14(12-24)17(11-23)22-18(25)13-4-3-8-21-10-13/h1-6,8,10,14,17,24H,7,9,11-12H2,(H,22,25)/t14-,17-/m1/s1. The maximum atomic E-state index is 13.9. The number of amides is 2. The van der Waals surface area contributed by atoms with Gasteiger partial charge in [0, 0.05) is 38.0 Å². The van der Waals surface area contributed by atoms with Crippen molar-refractivity contribution in [2.45, 2.75) is 12.5 Å². The highest BCUT2D eigenvalue weighted by Gasteiger charge is 2.33. The molecule has 7 heteroatoms. The Morgan fingerprint density at radius 3 is 2.77 bits per heavy atom. The van der Waals surface area contributed by atoms with Crippen molar-refractivity contribution in [3.63, 3.8) is 0 Å². The van der Waals surface area contributed by atoms with E-state index in [-0.39, 0.29) is 30.5 Å². The number of aliphatic hydroxyl groups is 1. The van der Waals surface area contributed by atoms with E-state index in [0.717, 1.165) is 0 Å². The first-order chi connectivity index (χ1) is 12.6. The Morgan fingerprint density at radius 1 is 1.27 bits per heavy atom. The summed E-state index contributed by atoms with van der Waals surface area (Å²) < 4.78 is 13.9. The highest BCUT2D eigenvalue weighted by Crippen LogP contribution is 2.21. The van der Waals surface area contributed by atoms with Gasteiger partial charge in [0.1, 0.15) is 5.82 Å². The number of benzene rings is 1. The van der Waals surface area contributed by atoms with Crippen LogP contribution in [-0.2, 0) is 0 Å². The number of hydrogen-bond acceptors (Lipinski definition) is 4. The van der Waals surface area contributed by atoms with Crippen molar-refractivity contribution >= 4 is 11.8 Å². The number of pyridine rings is 1. The zero-order valence-corrected chi connectivity index (χ0v) is 14.1. The van der Waals surface area contributed by atoms with Gasteiger partial charge in [-0.3, -0.25) is 14.6 Å². The molecule has 1 aromatic heterocycles. The molecule has 2 N–H and O–H groups in total. The molecule has 1 fully saturated rings. The Labute approximate surface area is 150 Å². The maximum absolute atomic E-state index is 13.9. The lowest BCUT2D eigenvalue weighted by atomic mass is 9.91. The van der Waals surface area contributed by atoms with Crippen LogP contribution in [0.1, 0.15) is 27.1 Å². The fourth-order valence-electron chi connectivity index (χ4n) is 3.12. The lowest BCUT2D eigenvalue weighted by Crippen LogP contribution is -2.55. The SMILES string of the molecule is O=C(N[C@@H]1CN(C(=O)c2ccccc2F)CC[C@@H]1CO)c1cccnc1. The van der Waals surface area contributed by atoms with Gasteiger partial charge in [-0.1, -0.05) is 12.1 Å². The summed E-state index contributed by atoms with van der Waals surface area (Å²) in [6.07, 6.45) is 3.55. The summed E-state index contributed by atoms with van der Waals surface area (Å²) >= 11 is 0. The summed E-state index contributed by atoms with van der Waals surface area (Å²) in [6.45, 7) is 0.516. The Morgan fingerprint density at radius 2 is 2.08 bits per heavy atom. The summed E-state index contributed by atoms with van der Waals surface area (Å²) in [5.41, 5.74) is 0.411. The molecule has 0 saturated carbocycles. The number of nitrogens with zero attached hydrogens (tertiary/aromatic N) is 2. The summed E-state index contributed by atoms with van der Waals surface area (Å²) in [4.78, 5) is 30.4. The van der Waals surface area contributed by atoms with Gasteiger partial charge < -0.3 is 15.3 Å². The number of halogens is 1. The maximum Gasteiger partial charge on any atom is 0.256 e. The van der Waals surface area contributed by atoms with Gasteiger partial charge in [0.05, 0.1) is 17.2 Å². The van der Waals surface area contributed by atoms with Crippen LogP contribution in [0.2, 0.25) is 0 Å². The van der Waals surface area contributed by atoms with Gasteiger partial charge in [-0.2, -0.15) is 0 Å². The average molecular weight is 357 g/mol. The number of aromatic nitrogens is 1. The zero-order chi connectivity index (χ0) is 18.5. The Balaban J connectivity index is 1.73. The molecule has 1 aliphatic heterocycles. The van der Waals surface area contributed by atoms with Crippen LogP contribution in [0.5, 0.6) is 0 Å². The zero-order valence-electron chi connectivity index (χ0n) is 14.1. The lowest BCUT2D eigenvalue weighted by Gasteiger charge is -2.38. The molecule has 1 aromatic carbocycles. The van der Waals surface area contributed by atoms with Crippen molar-refractivity contribution in [3.05, 3.63) is 65.7 Å². The number of carbonyl (C=O) groups excluding carboxylic acids is 2. The van der Waals surface area contributed by atoms with Crippen LogP contribution in [0.3, 0.4) is 0 Å². The van der Waals surface area contributed by atoms with E-state index in [1.54, 1.807) is 24.4 Å². The van der Waals surface area contributed by atoms with Crippen molar-refractivity contribution in [1.29, 1.82) is 0 Å². The topological polar surface area (TPSA) is 82.5 Å². The molecule has 26 heavy (non-hydrogen) atoms. The molecule has 6 nitrogen and oxygen atoms in total. The van der Waals surface area contributed by atoms with Gasteiger partial charge in [-0.15, -0.1) is 0 Å². The molecule has 0 spiro atoms. The number of hydrogen-bond donors (Lipinski definition) is 2. The Kier molecular flexibility index (Phi) is 5.58. The highest BCUT2D eigenvalue weighted by atomic mass is 19.1. The van der Waals surface area contributed by atoms with Crippen LogP contribution in [0.25, 0.3) is 0 Å². The summed E-state index contributed by atoms with van der Waals surface area (Å²) in [6, 6.07) is 8.71. The van der Waals surface area contributed by atoms with Gasteiger partial charge >= 0.3 is 0 Å². The van der Waals surface area contributed by atoms with E-state index < -0.39 is 17.8 Å². The first kappa shape index (κ1) is 18.0. The molecule has 1 saturated heterocycles. The minimum atomic E-state index is -0.572. The minimum absolute atomic E-state index is 0.00674. The summed E-state index contributed by atoms with van der Waals surface area (Å²) in [5.74, 6) is -1.47. The van der Waals surface area contributed by atoms with Gasteiger partial charge in [-0.05, 0) is 30.7 Å². The molecular formula is C19H20FN3O3. The molecule has 0 aliphatic carbocycles. The predicted molar refractivity (Wildman–Crippen MR) is 93.0 cm³/mol. The first-order valence-corrected chi connectivity index (χ1v) is 8.45. The third kappa shape index (κ3) is 3.88. The van der Waals surface area contributed by atoms with E-state index >= 15 is 0 Å². The number of piperidine rings is 1. The second-order valence-corrected chi connectivity index (χ2v) is 6.28. The van der Waals surface area contributed by atoms with Crippen LogP contribution < -0.4 is 5.32 Å². The minimum Gasteiger partial charge on any atom is -0.396 e. The second-order valence-electron chi connectivity index (χ2n) is 6.28. The van der Waals surface area contributed by atoms with E-state index in [9.17, 15) is 19.1 Å². The van der Waals surface area contributed by atoms with E-state index in [1.807, 2.05) is 0 Å². The van der Waals surface area contributed by atoms with E-state index in [2.05, 4.69) is 10.3 Å². The molecule has 2 heterocycles. The third-order valence-corrected chi connectivity index (χ3v) is 4.62. The molecule has 2 atom stereocenters. The number of aliphatic hydroxyl groups excluding tert-OH is 1. The first-order valence-electron chi connectivity index (χ1n) is 8.45. The molecular weight excluding hydrogens is 337 g/mol. The summed E-state index contributed by atoms with van der Waals surface area (Å²) in [7, 11) is 0. The Bertz CT molecular complexity index is 785. The largest absolute Gasteiger partial charge is 0.396 e.